The monoisotopic (exact) mass is 278 g/mol. The van der Waals surface area contributed by atoms with Crippen LogP contribution in [0.5, 0.6) is 0 Å². The minimum absolute atomic E-state index is 0.109. The molecule has 20 heavy (non-hydrogen) atoms. The van der Waals surface area contributed by atoms with Crippen LogP contribution >= 0.6 is 0 Å². The molecule has 5 nitrogen and oxygen atoms in total. The summed E-state index contributed by atoms with van der Waals surface area (Å²) in [6, 6.07) is 7.47. The number of hydrogen-bond acceptors (Lipinski definition) is 3. The number of carbonyl (C=O) groups excluding carboxylic acids is 1. The van der Waals surface area contributed by atoms with Crippen LogP contribution in [0.4, 0.5) is 10.5 Å². The molecule has 0 aliphatic rings. The van der Waals surface area contributed by atoms with E-state index in [0.29, 0.717) is 6.54 Å². The molecule has 0 aliphatic carbocycles. The molecule has 0 saturated carbocycles. The predicted molar refractivity (Wildman–Crippen MR) is 83.7 cm³/mol. The minimum Gasteiger partial charge on any atom is -0.334 e. The summed E-state index contributed by atoms with van der Waals surface area (Å²) >= 11 is 0. The average molecular weight is 278 g/mol. The molecule has 0 heterocycles. The molecule has 1 rings (SSSR count). The third-order valence-corrected chi connectivity index (χ3v) is 3.25. The van der Waals surface area contributed by atoms with Crippen molar-refractivity contribution in [2.24, 2.45) is 5.73 Å². The van der Waals surface area contributed by atoms with Crippen LogP contribution in [0.15, 0.2) is 24.3 Å². The lowest BCUT2D eigenvalue weighted by molar-refractivity contribution is 0.238. The summed E-state index contributed by atoms with van der Waals surface area (Å²) in [6.07, 6.45) is 0. The van der Waals surface area contributed by atoms with Crippen molar-refractivity contribution in [2.75, 3.05) is 25.0 Å². The number of likely N-dealkylation sites (N-methyl/N-ethyl adjacent to an activating group) is 1. The zero-order valence-corrected chi connectivity index (χ0v) is 12.6. The van der Waals surface area contributed by atoms with Crippen molar-refractivity contribution in [2.45, 2.75) is 33.4 Å². The van der Waals surface area contributed by atoms with E-state index in [9.17, 15) is 4.79 Å². The lowest BCUT2D eigenvalue weighted by Crippen LogP contribution is -2.43. The molecule has 0 spiro atoms. The third-order valence-electron chi connectivity index (χ3n) is 3.25. The van der Waals surface area contributed by atoms with E-state index in [4.69, 9.17) is 5.73 Å². The number of nitrogens with one attached hydrogen (secondary N) is 2. The highest BCUT2D eigenvalue weighted by molar-refractivity contribution is 5.89. The maximum Gasteiger partial charge on any atom is 0.319 e. The summed E-state index contributed by atoms with van der Waals surface area (Å²) in [5.41, 5.74) is 7.36. The van der Waals surface area contributed by atoms with E-state index in [-0.39, 0.29) is 12.1 Å². The fourth-order valence-electron chi connectivity index (χ4n) is 2.03. The van der Waals surface area contributed by atoms with Gasteiger partial charge in [0.25, 0.3) is 0 Å². The van der Waals surface area contributed by atoms with Crippen molar-refractivity contribution in [1.82, 2.24) is 10.2 Å². The van der Waals surface area contributed by atoms with Crippen LogP contribution in [-0.2, 0) is 6.54 Å². The van der Waals surface area contributed by atoms with Gasteiger partial charge in [-0.05, 0) is 37.7 Å². The molecule has 5 heteroatoms. The van der Waals surface area contributed by atoms with Gasteiger partial charge in [0.1, 0.15) is 0 Å². The van der Waals surface area contributed by atoms with Gasteiger partial charge in [0.15, 0.2) is 0 Å². The number of rotatable bonds is 7. The second-order valence-electron chi connectivity index (χ2n) is 4.89. The zero-order valence-electron chi connectivity index (χ0n) is 12.6. The summed E-state index contributed by atoms with van der Waals surface area (Å²) in [4.78, 5) is 14.1. The zero-order chi connectivity index (χ0) is 15.0. The third kappa shape index (κ3) is 5.59. The quantitative estimate of drug-likeness (QED) is 0.714. The van der Waals surface area contributed by atoms with Gasteiger partial charge >= 0.3 is 6.03 Å². The van der Waals surface area contributed by atoms with E-state index in [0.717, 1.165) is 30.9 Å². The summed E-state index contributed by atoms with van der Waals surface area (Å²) in [5.74, 6) is 0. The molecule has 0 bridgehead atoms. The van der Waals surface area contributed by atoms with Crippen LogP contribution in [0, 0.1) is 0 Å². The van der Waals surface area contributed by atoms with Gasteiger partial charge in [-0.15, -0.1) is 0 Å². The molecule has 0 aliphatic heterocycles. The van der Waals surface area contributed by atoms with Crippen molar-refractivity contribution in [3.63, 3.8) is 0 Å². The van der Waals surface area contributed by atoms with E-state index < -0.39 is 0 Å². The van der Waals surface area contributed by atoms with Crippen LogP contribution in [-0.4, -0.2) is 36.6 Å². The SMILES string of the molecule is CCN(CC)CC(C)NC(=O)Nc1ccc(CN)cc1. The first-order valence-corrected chi connectivity index (χ1v) is 7.17. The first kappa shape index (κ1) is 16.5. The minimum atomic E-state index is -0.176. The number of anilines is 1. The van der Waals surface area contributed by atoms with Crippen molar-refractivity contribution in [3.05, 3.63) is 29.8 Å². The Bertz CT molecular complexity index is 401. The van der Waals surface area contributed by atoms with E-state index in [1.165, 1.54) is 0 Å². The molecule has 0 saturated heterocycles. The summed E-state index contributed by atoms with van der Waals surface area (Å²) < 4.78 is 0. The molecule has 112 valence electrons. The van der Waals surface area contributed by atoms with Gasteiger partial charge in [-0.1, -0.05) is 26.0 Å². The molecule has 1 atom stereocenters. The van der Waals surface area contributed by atoms with Gasteiger partial charge in [-0.3, -0.25) is 0 Å². The molecule has 1 unspecified atom stereocenters. The number of nitrogens with zero attached hydrogens (tertiary/aromatic N) is 1. The molecular weight excluding hydrogens is 252 g/mol. The van der Waals surface area contributed by atoms with Gasteiger partial charge < -0.3 is 21.3 Å². The Morgan fingerprint density at radius 1 is 1.25 bits per heavy atom. The normalized spacial score (nSPS) is 12.2. The highest BCUT2D eigenvalue weighted by atomic mass is 16.2. The van der Waals surface area contributed by atoms with E-state index in [2.05, 4.69) is 29.4 Å². The molecule has 4 N–H and O–H groups in total. The van der Waals surface area contributed by atoms with Gasteiger partial charge in [-0.25, -0.2) is 4.79 Å². The Kier molecular flexibility index (Phi) is 7.04. The van der Waals surface area contributed by atoms with Crippen molar-refractivity contribution >= 4 is 11.7 Å². The van der Waals surface area contributed by atoms with E-state index in [1.54, 1.807) is 0 Å². The molecule has 2 amide bonds. The van der Waals surface area contributed by atoms with E-state index in [1.807, 2.05) is 31.2 Å². The van der Waals surface area contributed by atoms with Gasteiger partial charge in [0.05, 0.1) is 0 Å². The molecule has 0 aromatic heterocycles. The van der Waals surface area contributed by atoms with Crippen LogP contribution in [0.25, 0.3) is 0 Å². The fourth-order valence-corrected chi connectivity index (χ4v) is 2.03. The average Bonchev–Trinajstić information content (AvgIpc) is 2.45. The van der Waals surface area contributed by atoms with Gasteiger partial charge in [-0.2, -0.15) is 0 Å². The van der Waals surface area contributed by atoms with Crippen LogP contribution in [0.3, 0.4) is 0 Å². The Labute approximate surface area is 121 Å². The number of benzene rings is 1. The maximum absolute atomic E-state index is 11.9. The smallest absolute Gasteiger partial charge is 0.319 e. The number of urea groups is 1. The molecular formula is C15H26N4O. The van der Waals surface area contributed by atoms with Crippen LogP contribution in [0.1, 0.15) is 26.3 Å². The molecule has 1 aromatic carbocycles. The Morgan fingerprint density at radius 3 is 2.35 bits per heavy atom. The first-order chi connectivity index (χ1) is 9.58. The first-order valence-electron chi connectivity index (χ1n) is 7.17. The van der Waals surface area contributed by atoms with Crippen LogP contribution < -0.4 is 16.4 Å². The summed E-state index contributed by atoms with van der Waals surface area (Å²) in [5, 5.41) is 5.76. The van der Waals surface area contributed by atoms with Gasteiger partial charge in [0, 0.05) is 24.8 Å². The second-order valence-corrected chi connectivity index (χ2v) is 4.89. The highest BCUT2D eigenvalue weighted by Gasteiger charge is 2.10. The summed E-state index contributed by atoms with van der Waals surface area (Å²) in [6.45, 7) is 9.59. The van der Waals surface area contributed by atoms with Crippen molar-refractivity contribution in [1.29, 1.82) is 0 Å². The lowest BCUT2D eigenvalue weighted by Gasteiger charge is -2.23. The summed E-state index contributed by atoms with van der Waals surface area (Å²) in [7, 11) is 0. The Hall–Kier alpha value is -1.59. The van der Waals surface area contributed by atoms with Crippen molar-refractivity contribution < 1.29 is 4.79 Å². The second kappa shape index (κ2) is 8.55. The maximum atomic E-state index is 11.9. The van der Waals surface area contributed by atoms with Crippen LogP contribution in [0.2, 0.25) is 0 Å². The molecule has 1 aromatic rings. The topological polar surface area (TPSA) is 70.4 Å². The highest BCUT2D eigenvalue weighted by Crippen LogP contribution is 2.08. The number of amides is 2. The lowest BCUT2D eigenvalue weighted by atomic mass is 10.2. The number of carbonyl (C=O) groups is 1. The largest absolute Gasteiger partial charge is 0.334 e. The standard InChI is InChI=1S/C15H26N4O/c1-4-19(5-2)11-12(3)17-15(20)18-14-8-6-13(10-16)7-9-14/h6-9,12H,4-5,10-11,16H2,1-3H3,(H2,17,18,20). The van der Waals surface area contributed by atoms with Gasteiger partial charge in [0.2, 0.25) is 0 Å². The Morgan fingerprint density at radius 2 is 1.85 bits per heavy atom. The number of nitrogens with two attached hydrogens (primary N) is 1. The fraction of sp³-hybridized carbons (Fsp3) is 0.533. The predicted octanol–water partition coefficient (Wildman–Crippen LogP) is 2.00. The molecule has 0 radical (unpaired) electrons. The van der Waals surface area contributed by atoms with Crippen molar-refractivity contribution in [3.8, 4) is 0 Å². The van der Waals surface area contributed by atoms with E-state index >= 15 is 0 Å². The molecule has 0 fully saturated rings. The number of hydrogen-bond donors (Lipinski definition) is 3. The Balaban J connectivity index is 2.42.